The van der Waals surface area contributed by atoms with Crippen molar-refractivity contribution in [3.63, 3.8) is 0 Å². The average molecular weight is 412 g/mol. The van der Waals surface area contributed by atoms with Crippen LogP contribution in [0.25, 0.3) is 0 Å². The van der Waals surface area contributed by atoms with E-state index >= 15 is 0 Å². The summed E-state index contributed by atoms with van der Waals surface area (Å²) in [6.07, 6.45) is 7.71. The maximum atomic E-state index is 6.00. The number of ether oxygens (including phenoxy) is 2. The van der Waals surface area contributed by atoms with E-state index in [9.17, 15) is 0 Å². The zero-order valence-electron chi connectivity index (χ0n) is 18.7. The number of anilines is 1. The molecule has 3 rings (SSSR count). The van der Waals surface area contributed by atoms with Crippen LogP contribution in [0.2, 0.25) is 0 Å². The lowest BCUT2D eigenvalue weighted by molar-refractivity contribution is 0.167. The predicted octanol–water partition coefficient (Wildman–Crippen LogP) is 5.72. The molecule has 3 N–H and O–H groups in total. The molecule has 0 bridgehead atoms. The third-order valence-electron chi connectivity index (χ3n) is 6.10. The van der Waals surface area contributed by atoms with E-state index in [1.807, 2.05) is 36.4 Å². The van der Waals surface area contributed by atoms with Gasteiger partial charge in [-0.2, -0.15) is 0 Å². The summed E-state index contributed by atoms with van der Waals surface area (Å²) in [6.45, 7) is 6.38. The molecular weight excluding hydrogens is 374 g/mol. The molecule has 0 saturated heterocycles. The molecule has 0 aromatic heterocycles. The molecule has 0 spiro atoms. The van der Waals surface area contributed by atoms with Crippen LogP contribution in [0.3, 0.4) is 0 Å². The second kappa shape index (κ2) is 11.2. The van der Waals surface area contributed by atoms with E-state index in [0.29, 0.717) is 12.1 Å². The first-order valence-electron chi connectivity index (χ1n) is 11.3. The fourth-order valence-electron chi connectivity index (χ4n) is 4.37. The average Bonchev–Trinajstić information content (AvgIpc) is 2.79. The highest BCUT2D eigenvalue weighted by Crippen LogP contribution is 2.35. The van der Waals surface area contributed by atoms with Crippen LogP contribution >= 0.6 is 0 Å². The van der Waals surface area contributed by atoms with Gasteiger partial charge in [0.05, 0.1) is 7.11 Å². The van der Waals surface area contributed by atoms with Crippen molar-refractivity contribution in [2.24, 2.45) is 0 Å². The monoisotopic (exact) mass is 411 g/mol. The van der Waals surface area contributed by atoms with Crippen molar-refractivity contribution in [1.82, 2.24) is 10.2 Å². The van der Waals surface area contributed by atoms with Gasteiger partial charge in [0, 0.05) is 36.1 Å². The summed E-state index contributed by atoms with van der Waals surface area (Å²) >= 11 is 0. The van der Waals surface area contributed by atoms with E-state index in [4.69, 9.17) is 15.2 Å². The van der Waals surface area contributed by atoms with Gasteiger partial charge in [0.25, 0.3) is 0 Å². The largest absolute Gasteiger partial charge is 0.496 e. The number of nitrogens with one attached hydrogen (secondary N) is 1. The Bertz CT molecular complexity index is 772. The Hall–Kier alpha value is -2.24. The normalized spacial score (nSPS) is 15.9. The van der Waals surface area contributed by atoms with Crippen LogP contribution in [0.5, 0.6) is 17.2 Å². The Morgan fingerprint density at radius 2 is 1.73 bits per heavy atom. The van der Waals surface area contributed by atoms with Crippen molar-refractivity contribution in [3.05, 3.63) is 48.0 Å². The molecule has 1 atom stereocenters. The molecule has 1 aliphatic rings. The highest BCUT2D eigenvalue weighted by molar-refractivity contribution is 5.46. The van der Waals surface area contributed by atoms with Gasteiger partial charge in [0.2, 0.25) is 0 Å². The van der Waals surface area contributed by atoms with E-state index in [2.05, 4.69) is 30.1 Å². The number of benzene rings is 2. The SMILES string of the molecule is CCC(c1ccc(Oc2ccc(N)cc2)cc1OC)N(CC)CNC1CCCCC1. The summed E-state index contributed by atoms with van der Waals surface area (Å²) in [5, 5.41) is 3.79. The molecule has 1 aliphatic carbocycles. The van der Waals surface area contributed by atoms with Gasteiger partial charge in [-0.1, -0.05) is 39.2 Å². The van der Waals surface area contributed by atoms with Crippen LogP contribution in [-0.2, 0) is 0 Å². The molecular formula is C25H37N3O2. The Kier molecular flexibility index (Phi) is 8.40. The molecule has 2 aromatic carbocycles. The number of methoxy groups -OCH3 is 1. The van der Waals surface area contributed by atoms with E-state index in [-0.39, 0.29) is 0 Å². The van der Waals surface area contributed by atoms with Crippen LogP contribution in [0, 0.1) is 0 Å². The van der Waals surface area contributed by atoms with Crippen LogP contribution < -0.4 is 20.5 Å². The molecule has 5 heteroatoms. The Balaban J connectivity index is 1.72. The molecule has 5 nitrogen and oxygen atoms in total. The first kappa shape index (κ1) is 22.4. The second-order valence-electron chi connectivity index (χ2n) is 8.10. The van der Waals surface area contributed by atoms with Gasteiger partial charge >= 0.3 is 0 Å². The fraction of sp³-hybridized carbons (Fsp3) is 0.520. The van der Waals surface area contributed by atoms with Gasteiger partial charge in [-0.05, 0) is 56.1 Å². The second-order valence-corrected chi connectivity index (χ2v) is 8.10. The van der Waals surface area contributed by atoms with Gasteiger partial charge in [0.15, 0.2) is 0 Å². The molecule has 1 fully saturated rings. The molecule has 164 valence electrons. The van der Waals surface area contributed by atoms with Gasteiger partial charge in [-0.3, -0.25) is 4.90 Å². The van der Waals surface area contributed by atoms with Crippen molar-refractivity contribution in [2.45, 2.75) is 64.5 Å². The quantitative estimate of drug-likeness (QED) is 0.387. The Morgan fingerprint density at radius 3 is 2.37 bits per heavy atom. The lowest BCUT2D eigenvalue weighted by Gasteiger charge is -2.34. The first-order valence-corrected chi connectivity index (χ1v) is 11.3. The smallest absolute Gasteiger partial charge is 0.131 e. The molecule has 0 aliphatic heterocycles. The summed E-state index contributed by atoms with van der Waals surface area (Å²) in [5.74, 6) is 2.39. The number of rotatable bonds is 10. The third-order valence-corrected chi connectivity index (χ3v) is 6.10. The van der Waals surface area contributed by atoms with Crippen molar-refractivity contribution in [2.75, 3.05) is 26.1 Å². The zero-order valence-corrected chi connectivity index (χ0v) is 18.7. The summed E-state index contributed by atoms with van der Waals surface area (Å²) in [7, 11) is 1.73. The molecule has 30 heavy (non-hydrogen) atoms. The highest BCUT2D eigenvalue weighted by atomic mass is 16.5. The zero-order chi connectivity index (χ0) is 21.3. The van der Waals surface area contributed by atoms with Gasteiger partial charge in [-0.25, -0.2) is 0 Å². The third kappa shape index (κ3) is 5.89. The minimum atomic E-state index is 0.298. The predicted molar refractivity (Wildman–Crippen MR) is 124 cm³/mol. The van der Waals surface area contributed by atoms with Crippen LogP contribution in [0.15, 0.2) is 42.5 Å². The van der Waals surface area contributed by atoms with Gasteiger partial charge < -0.3 is 20.5 Å². The summed E-state index contributed by atoms with van der Waals surface area (Å²) in [6, 6.07) is 14.5. The number of nitrogens with two attached hydrogens (primary N) is 1. The lowest BCUT2D eigenvalue weighted by Crippen LogP contribution is -2.42. The number of nitrogens with zero attached hydrogens (tertiary/aromatic N) is 1. The summed E-state index contributed by atoms with van der Waals surface area (Å²) in [4.78, 5) is 2.51. The molecule has 0 amide bonds. The minimum Gasteiger partial charge on any atom is -0.496 e. The molecule has 2 aromatic rings. The van der Waals surface area contributed by atoms with Gasteiger partial charge in [-0.15, -0.1) is 0 Å². The van der Waals surface area contributed by atoms with Crippen molar-refractivity contribution in [1.29, 1.82) is 0 Å². The molecule has 1 unspecified atom stereocenters. The van der Waals surface area contributed by atoms with E-state index in [1.54, 1.807) is 7.11 Å². The van der Waals surface area contributed by atoms with E-state index in [0.717, 1.165) is 42.6 Å². The maximum absolute atomic E-state index is 6.00. The Labute approximate surface area is 181 Å². The van der Waals surface area contributed by atoms with Gasteiger partial charge in [0.1, 0.15) is 17.2 Å². The van der Waals surface area contributed by atoms with Crippen molar-refractivity contribution >= 4 is 5.69 Å². The highest BCUT2D eigenvalue weighted by Gasteiger charge is 2.23. The van der Waals surface area contributed by atoms with Crippen LogP contribution in [0.1, 0.15) is 64.0 Å². The van der Waals surface area contributed by atoms with E-state index < -0.39 is 0 Å². The van der Waals surface area contributed by atoms with Crippen LogP contribution in [0.4, 0.5) is 5.69 Å². The molecule has 1 saturated carbocycles. The first-order chi connectivity index (χ1) is 14.6. The number of hydrogen-bond donors (Lipinski definition) is 2. The standard InChI is InChI=1S/C25H37N3O2/c1-4-24(28(5-2)18-27-20-9-7-6-8-10-20)23-16-15-22(17-25(23)29-3)30-21-13-11-19(26)12-14-21/h11-17,20,24,27H,4-10,18,26H2,1-3H3. The molecule has 0 radical (unpaired) electrons. The summed E-state index contributed by atoms with van der Waals surface area (Å²) in [5.41, 5.74) is 7.69. The van der Waals surface area contributed by atoms with E-state index in [1.165, 1.54) is 37.7 Å². The lowest BCUT2D eigenvalue weighted by atomic mass is 9.95. The fourth-order valence-corrected chi connectivity index (χ4v) is 4.37. The van der Waals surface area contributed by atoms with Crippen molar-refractivity contribution < 1.29 is 9.47 Å². The van der Waals surface area contributed by atoms with Crippen molar-refractivity contribution in [3.8, 4) is 17.2 Å². The summed E-state index contributed by atoms with van der Waals surface area (Å²) < 4.78 is 11.8. The van der Waals surface area contributed by atoms with Crippen LogP contribution in [-0.4, -0.2) is 31.3 Å². The minimum absolute atomic E-state index is 0.298. The number of hydrogen-bond acceptors (Lipinski definition) is 5. The molecule has 0 heterocycles. The Morgan fingerprint density at radius 1 is 1.03 bits per heavy atom. The topological polar surface area (TPSA) is 59.8 Å². The maximum Gasteiger partial charge on any atom is 0.131 e. The number of nitrogen functional groups attached to an aromatic ring is 1.